The zero-order chi connectivity index (χ0) is 17.2. The fourth-order valence-electron chi connectivity index (χ4n) is 1.92. The molecule has 1 rings (SSSR count). The van der Waals surface area contributed by atoms with Crippen molar-refractivity contribution in [3.63, 3.8) is 0 Å². The number of urea groups is 1. The van der Waals surface area contributed by atoms with E-state index in [1.54, 1.807) is 6.07 Å². The minimum absolute atomic E-state index is 0.0582. The molecule has 0 saturated carbocycles. The van der Waals surface area contributed by atoms with Crippen LogP contribution in [0.25, 0.3) is 0 Å². The summed E-state index contributed by atoms with van der Waals surface area (Å²) in [5, 5.41) is 24.6. The number of aliphatic carboxylic acids is 1. The highest BCUT2D eigenvalue weighted by Gasteiger charge is 2.19. The molecule has 0 unspecified atom stereocenters. The summed E-state index contributed by atoms with van der Waals surface area (Å²) in [5.74, 6) is -1.12. The number of nitrogens with two attached hydrogens (primary N) is 1. The summed E-state index contributed by atoms with van der Waals surface area (Å²) >= 11 is 0. The van der Waals surface area contributed by atoms with Gasteiger partial charge in [-0.15, -0.1) is 0 Å². The van der Waals surface area contributed by atoms with Crippen LogP contribution in [0.5, 0.6) is 0 Å². The Morgan fingerprint density at radius 3 is 2.70 bits per heavy atom. The van der Waals surface area contributed by atoms with Gasteiger partial charge in [-0.05, 0) is 31.4 Å². The van der Waals surface area contributed by atoms with Gasteiger partial charge in [0.1, 0.15) is 6.04 Å². The first-order valence-electron chi connectivity index (χ1n) is 7.14. The van der Waals surface area contributed by atoms with Crippen molar-refractivity contribution in [2.45, 2.75) is 31.8 Å². The number of carboxylic acid groups (broad SMARTS) is 1. The first kappa shape index (κ1) is 18.4. The fourth-order valence-corrected chi connectivity index (χ4v) is 1.92. The standard InChI is InChI=1S/C14H20N4O5/c15-7-2-1-6-12(13(19)20)17-14(21)16-9-10-4-3-5-11(8-10)18(22)23/h3-5,8,12H,1-2,6-7,9,15H2,(H,19,20)(H2,16,17,21)/t12-/m0/s1. The molecule has 1 aromatic rings. The smallest absolute Gasteiger partial charge is 0.326 e. The van der Waals surface area contributed by atoms with E-state index < -0.39 is 23.0 Å². The Morgan fingerprint density at radius 2 is 2.09 bits per heavy atom. The molecule has 1 aromatic carbocycles. The van der Waals surface area contributed by atoms with E-state index in [2.05, 4.69) is 10.6 Å². The van der Waals surface area contributed by atoms with Gasteiger partial charge in [-0.1, -0.05) is 12.1 Å². The van der Waals surface area contributed by atoms with Crippen molar-refractivity contribution < 1.29 is 19.6 Å². The predicted octanol–water partition coefficient (Wildman–Crippen LogP) is 0.976. The second kappa shape index (κ2) is 9.36. The maximum Gasteiger partial charge on any atom is 0.326 e. The third-order valence-electron chi connectivity index (χ3n) is 3.12. The van der Waals surface area contributed by atoms with Crippen LogP contribution in [0, 0.1) is 10.1 Å². The van der Waals surface area contributed by atoms with E-state index in [1.807, 2.05) is 0 Å². The number of carboxylic acids is 1. The predicted molar refractivity (Wildman–Crippen MR) is 82.8 cm³/mol. The van der Waals surface area contributed by atoms with Gasteiger partial charge in [-0.3, -0.25) is 10.1 Å². The van der Waals surface area contributed by atoms with Crippen LogP contribution in [0.2, 0.25) is 0 Å². The Morgan fingerprint density at radius 1 is 1.35 bits per heavy atom. The zero-order valence-electron chi connectivity index (χ0n) is 12.5. The molecule has 0 bridgehead atoms. The first-order valence-corrected chi connectivity index (χ1v) is 7.14. The summed E-state index contributed by atoms with van der Waals surface area (Å²) in [6.07, 6.45) is 1.57. The average molecular weight is 324 g/mol. The lowest BCUT2D eigenvalue weighted by Gasteiger charge is -2.15. The Hall–Kier alpha value is -2.68. The van der Waals surface area contributed by atoms with Crippen molar-refractivity contribution in [3.05, 3.63) is 39.9 Å². The summed E-state index contributed by atoms with van der Waals surface area (Å²) in [6.45, 7) is 0.522. The van der Waals surface area contributed by atoms with E-state index >= 15 is 0 Å². The lowest BCUT2D eigenvalue weighted by molar-refractivity contribution is -0.384. The monoisotopic (exact) mass is 324 g/mol. The van der Waals surface area contributed by atoms with E-state index in [0.717, 1.165) is 0 Å². The molecule has 0 saturated heterocycles. The van der Waals surface area contributed by atoms with E-state index in [0.29, 0.717) is 24.9 Å². The molecule has 9 nitrogen and oxygen atoms in total. The summed E-state index contributed by atoms with van der Waals surface area (Å²) in [4.78, 5) is 33.0. The van der Waals surface area contributed by atoms with E-state index in [1.165, 1.54) is 18.2 Å². The van der Waals surface area contributed by atoms with Gasteiger partial charge in [0.25, 0.3) is 5.69 Å². The number of nitro groups is 1. The van der Waals surface area contributed by atoms with Crippen molar-refractivity contribution in [1.82, 2.24) is 10.6 Å². The summed E-state index contributed by atoms with van der Waals surface area (Å²) < 4.78 is 0. The number of carbonyl (C=O) groups excluding carboxylic acids is 1. The summed E-state index contributed by atoms with van der Waals surface area (Å²) in [7, 11) is 0. The SMILES string of the molecule is NCCCC[C@H](NC(=O)NCc1cccc([N+](=O)[O-])c1)C(=O)O. The van der Waals surface area contributed by atoms with E-state index in [9.17, 15) is 19.7 Å². The largest absolute Gasteiger partial charge is 0.480 e. The number of nitrogens with one attached hydrogen (secondary N) is 2. The molecule has 0 fully saturated rings. The molecule has 5 N–H and O–H groups in total. The Balaban J connectivity index is 2.50. The second-order valence-electron chi connectivity index (χ2n) is 4.93. The molecule has 23 heavy (non-hydrogen) atoms. The highest BCUT2D eigenvalue weighted by Crippen LogP contribution is 2.12. The van der Waals surface area contributed by atoms with Gasteiger partial charge >= 0.3 is 12.0 Å². The number of carbonyl (C=O) groups is 2. The van der Waals surface area contributed by atoms with Crippen LogP contribution in [-0.4, -0.2) is 34.6 Å². The number of hydrogen-bond donors (Lipinski definition) is 4. The van der Waals surface area contributed by atoms with Crippen LogP contribution in [0.3, 0.4) is 0 Å². The minimum Gasteiger partial charge on any atom is -0.480 e. The number of amides is 2. The molecule has 126 valence electrons. The molecule has 0 aliphatic carbocycles. The molecule has 0 spiro atoms. The van der Waals surface area contributed by atoms with Gasteiger partial charge in [0, 0.05) is 18.7 Å². The number of nitrogens with zero attached hydrogens (tertiary/aromatic N) is 1. The highest BCUT2D eigenvalue weighted by atomic mass is 16.6. The van der Waals surface area contributed by atoms with Crippen LogP contribution in [0.4, 0.5) is 10.5 Å². The van der Waals surface area contributed by atoms with Gasteiger partial charge in [-0.2, -0.15) is 0 Å². The van der Waals surface area contributed by atoms with Crippen LogP contribution in [0.1, 0.15) is 24.8 Å². The Labute approximate surface area is 133 Å². The third kappa shape index (κ3) is 6.74. The van der Waals surface area contributed by atoms with Crippen molar-refractivity contribution in [1.29, 1.82) is 0 Å². The molecular formula is C14H20N4O5. The fraction of sp³-hybridized carbons (Fsp3) is 0.429. The minimum atomic E-state index is -1.12. The normalized spacial score (nSPS) is 11.5. The number of hydrogen-bond acceptors (Lipinski definition) is 5. The maximum absolute atomic E-state index is 11.7. The lowest BCUT2D eigenvalue weighted by Crippen LogP contribution is -2.45. The number of rotatable bonds is 9. The zero-order valence-corrected chi connectivity index (χ0v) is 12.5. The molecule has 0 heterocycles. The molecule has 1 atom stereocenters. The van der Waals surface area contributed by atoms with E-state index in [-0.39, 0.29) is 18.7 Å². The van der Waals surface area contributed by atoms with Crippen molar-refractivity contribution in [3.8, 4) is 0 Å². The summed E-state index contributed by atoms with van der Waals surface area (Å²) in [5.41, 5.74) is 5.81. The second-order valence-corrected chi connectivity index (χ2v) is 4.93. The summed E-state index contributed by atoms with van der Waals surface area (Å²) in [6, 6.07) is 4.20. The van der Waals surface area contributed by atoms with Gasteiger partial charge < -0.3 is 21.5 Å². The molecule has 9 heteroatoms. The molecule has 0 aliphatic rings. The van der Waals surface area contributed by atoms with Crippen molar-refractivity contribution in [2.24, 2.45) is 5.73 Å². The topological polar surface area (TPSA) is 148 Å². The Bertz CT molecular complexity index is 564. The molecular weight excluding hydrogens is 304 g/mol. The van der Waals surface area contributed by atoms with Crippen molar-refractivity contribution >= 4 is 17.7 Å². The maximum atomic E-state index is 11.7. The van der Waals surface area contributed by atoms with Gasteiger partial charge in [-0.25, -0.2) is 9.59 Å². The van der Waals surface area contributed by atoms with Crippen LogP contribution >= 0.6 is 0 Å². The van der Waals surface area contributed by atoms with Gasteiger partial charge in [0.2, 0.25) is 0 Å². The lowest BCUT2D eigenvalue weighted by atomic mass is 10.1. The van der Waals surface area contributed by atoms with Crippen LogP contribution in [0.15, 0.2) is 24.3 Å². The molecule has 2 amide bonds. The molecule has 0 aliphatic heterocycles. The third-order valence-corrected chi connectivity index (χ3v) is 3.12. The number of benzene rings is 1. The quantitative estimate of drug-likeness (QED) is 0.302. The van der Waals surface area contributed by atoms with Gasteiger partial charge in [0.05, 0.1) is 4.92 Å². The Kier molecular flexibility index (Phi) is 7.48. The number of unbranched alkanes of at least 4 members (excludes halogenated alkanes) is 1. The average Bonchev–Trinajstić information content (AvgIpc) is 2.52. The van der Waals surface area contributed by atoms with Crippen LogP contribution < -0.4 is 16.4 Å². The highest BCUT2D eigenvalue weighted by molar-refractivity contribution is 5.82. The molecule has 0 aromatic heterocycles. The number of nitro benzene ring substituents is 1. The molecule has 0 radical (unpaired) electrons. The van der Waals surface area contributed by atoms with Crippen LogP contribution in [-0.2, 0) is 11.3 Å². The van der Waals surface area contributed by atoms with Crippen molar-refractivity contribution in [2.75, 3.05) is 6.54 Å². The first-order chi connectivity index (χ1) is 10.9. The van der Waals surface area contributed by atoms with Gasteiger partial charge in [0.15, 0.2) is 0 Å². The number of non-ortho nitro benzene ring substituents is 1. The van der Waals surface area contributed by atoms with E-state index in [4.69, 9.17) is 10.8 Å².